The van der Waals surface area contributed by atoms with Crippen molar-refractivity contribution in [3.05, 3.63) is 89.0 Å². The maximum absolute atomic E-state index is 13.8. The predicted molar refractivity (Wildman–Crippen MR) is 190 cm³/mol. The fourth-order valence-corrected chi connectivity index (χ4v) is 8.69. The van der Waals surface area contributed by atoms with Gasteiger partial charge in [0.1, 0.15) is 30.0 Å². The van der Waals surface area contributed by atoms with Crippen LogP contribution in [0.4, 0.5) is 0 Å². The quantitative estimate of drug-likeness (QED) is 0.184. The van der Waals surface area contributed by atoms with E-state index in [9.17, 15) is 9.59 Å². The Bertz CT molecular complexity index is 1610. The van der Waals surface area contributed by atoms with E-state index in [2.05, 4.69) is 35.2 Å². The second kappa shape index (κ2) is 15.7. The molecular weight excluding hydrogens is 616 g/mol. The second-order valence-electron chi connectivity index (χ2n) is 14.3. The number of nitrogens with zero attached hydrogens (tertiary/aromatic N) is 2. The molecule has 1 saturated heterocycles. The number of carbonyl (C=O) groups is 2. The van der Waals surface area contributed by atoms with Crippen molar-refractivity contribution in [1.82, 2.24) is 9.80 Å². The highest BCUT2D eigenvalue weighted by molar-refractivity contribution is 5.82. The Morgan fingerprint density at radius 2 is 1.73 bits per heavy atom. The molecule has 1 heterocycles. The molecule has 3 aromatic carbocycles. The molecule has 1 aliphatic heterocycles. The van der Waals surface area contributed by atoms with Gasteiger partial charge in [-0.25, -0.2) is 0 Å². The highest BCUT2D eigenvalue weighted by Gasteiger charge is 2.54. The lowest BCUT2D eigenvalue weighted by molar-refractivity contribution is -0.154. The topological polar surface area (TPSA) is 77.5 Å². The minimum Gasteiger partial charge on any atom is -0.497 e. The number of likely N-dealkylation sites (N-methyl/N-ethyl adjacent to an activating group) is 1. The monoisotopic (exact) mass is 668 g/mol. The van der Waals surface area contributed by atoms with Gasteiger partial charge in [0.15, 0.2) is 0 Å². The molecule has 1 saturated carbocycles. The van der Waals surface area contributed by atoms with E-state index in [1.807, 2.05) is 55.4 Å². The van der Waals surface area contributed by atoms with Gasteiger partial charge in [0.05, 0.1) is 20.6 Å². The molecule has 0 N–H and O–H groups in total. The number of methoxy groups -OCH3 is 2. The van der Waals surface area contributed by atoms with Crippen LogP contribution in [0.5, 0.6) is 17.2 Å². The van der Waals surface area contributed by atoms with Gasteiger partial charge < -0.3 is 28.7 Å². The highest BCUT2D eigenvalue weighted by atomic mass is 16.6. The number of fused-ring (bicyclic) bond motifs is 1. The Hall–Kier alpha value is -4.04. The van der Waals surface area contributed by atoms with Crippen molar-refractivity contribution in [3.8, 4) is 17.2 Å². The zero-order chi connectivity index (χ0) is 34.4. The molecule has 3 aliphatic rings. The van der Waals surface area contributed by atoms with Crippen LogP contribution in [0.15, 0.2) is 66.7 Å². The summed E-state index contributed by atoms with van der Waals surface area (Å²) >= 11 is 0. The smallest absolute Gasteiger partial charge is 0.306 e. The Balaban J connectivity index is 1.05. The maximum Gasteiger partial charge on any atom is 0.306 e. The molecule has 4 atom stereocenters. The number of para-hydroxylation sites is 1. The SMILES string of the molecule is COc1cccc(CCc2ccccc2OC[C@H](CN(C)C)OC(=O)CCC(=O)N2CC[C@]34CCCC[C@H]3[C@H]2Cc2ccc(OC)cc24)c1. The van der Waals surface area contributed by atoms with Crippen LogP contribution in [0.25, 0.3) is 0 Å². The number of benzene rings is 3. The molecule has 2 bridgehead atoms. The number of hydrogen-bond acceptors (Lipinski definition) is 7. The first-order valence-corrected chi connectivity index (χ1v) is 17.9. The molecule has 49 heavy (non-hydrogen) atoms. The average molecular weight is 669 g/mol. The molecule has 0 unspecified atom stereocenters. The number of amides is 1. The lowest BCUT2D eigenvalue weighted by Crippen LogP contribution is -2.62. The third-order valence-electron chi connectivity index (χ3n) is 11.0. The highest BCUT2D eigenvalue weighted by Crippen LogP contribution is 2.56. The van der Waals surface area contributed by atoms with Gasteiger partial charge in [0.2, 0.25) is 5.91 Å². The van der Waals surface area contributed by atoms with Crippen molar-refractivity contribution < 1.29 is 28.5 Å². The number of esters is 1. The van der Waals surface area contributed by atoms with E-state index in [0.717, 1.165) is 61.5 Å². The Kier molecular flexibility index (Phi) is 11.1. The Morgan fingerprint density at radius 3 is 2.55 bits per heavy atom. The van der Waals surface area contributed by atoms with E-state index >= 15 is 0 Å². The first-order chi connectivity index (χ1) is 23.8. The van der Waals surface area contributed by atoms with Gasteiger partial charge in [0.25, 0.3) is 0 Å². The van der Waals surface area contributed by atoms with Gasteiger partial charge in [-0.3, -0.25) is 9.59 Å². The van der Waals surface area contributed by atoms with Crippen molar-refractivity contribution in [2.75, 3.05) is 48.0 Å². The molecule has 0 spiro atoms. The van der Waals surface area contributed by atoms with Gasteiger partial charge in [-0.15, -0.1) is 0 Å². The Morgan fingerprint density at radius 1 is 0.918 bits per heavy atom. The van der Waals surface area contributed by atoms with Crippen LogP contribution >= 0.6 is 0 Å². The number of hydrogen-bond donors (Lipinski definition) is 0. The van der Waals surface area contributed by atoms with Gasteiger partial charge in [-0.05, 0) is 111 Å². The first kappa shape index (κ1) is 34.8. The number of likely N-dealkylation sites (tertiary alicyclic amines) is 1. The van der Waals surface area contributed by atoms with Crippen molar-refractivity contribution in [3.63, 3.8) is 0 Å². The number of rotatable bonds is 14. The fourth-order valence-electron chi connectivity index (χ4n) is 8.69. The molecule has 0 aromatic heterocycles. The van der Waals surface area contributed by atoms with E-state index < -0.39 is 6.10 Å². The number of ether oxygens (including phenoxy) is 4. The van der Waals surface area contributed by atoms with Gasteiger partial charge in [-0.1, -0.05) is 49.2 Å². The Labute approximate surface area is 291 Å². The summed E-state index contributed by atoms with van der Waals surface area (Å²) in [4.78, 5) is 31.0. The standard InChI is InChI=1S/C41H52N2O6/c1-42(2)27-34(28-48-38-14-6-5-11-30(38)16-15-29-10-9-12-32(24-29)46-3)49-40(45)20-19-39(44)43-23-22-41-21-8-7-13-35(41)37(43)25-31-17-18-33(47-4)26-36(31)41/h5-6,9-12,14,17-18,24,26,34-35,37H,7-8,13,15-16,19-23,25,27-28H2,1-4H3/t34-,35-,37+,41+/m0/s1. The van der Waals surface area contributed by atoms with Crippen molar-refractivity contribution in [2.24, 2.45) is 5.92 Å². The van der Waals surface area contributed by atoms with Crippen LogP contribution in [-0.4, -0.2) is 81.8 Å². The molecular formula is C41H52N2O6. The van der Waals surface area contributed by atoms with Crippen molar-refractivity contribution in [2.45, 2.75) is 81.8 Å². The normalized spacial score (nSPS) is 21.7. The van der Waals surface area contributed by atoms with Crippen LogP contribution in [0.2, 0.25) is 0 Å². The molecule has 1 amide bonds. The summed E-state index contributed by atoms with van der Waals surface area (Å²) in [5.41, 5.74) is 5.19. The molecule has 2 aliphatic carbocycles. The summed E-state index contributed by atoms with van der Waals surface area (Å²) in [6.07, 6.45) is 8.00. The fraction of sp³-hybridized carbons (Fsp3) is 0.512. The molecule has 2 fully saturated rings. The summed E-state index contributed by atoms with van der Waals surface area (Å²) in [6, 6.07) is 22.8. The zero-order valence-electron chi connectivity index (χ0n) is 29.6. The maximum atomic E-state index is 13.8. The third-order valence-corrected chi connectivity index (χ3v) is 11.0. The van der Waals surface area contributed by atoms with Crippen LogP contribution in [0.3, 0.4) is 0 Å². The van der Waals surface area contributed by atoms with E-state index in [1.54, 1.807) is 14.2 Å². The molecule has 8 heteroatoms. The first-order valence-electron chi connectivity index (χ1n) is 17.9. The average Bonchev–Trinajstić information content (AvgIpc) is 3.12. The van der Waals surface area contributed by atoms with Crippen LogP contribution in [-0.2, 0) is 39.0 Å². The van der Waals surface area contributed by atoms with Gasteiger partial charge >= 0.3 is 5.97 Å². The van der Waals surface area contributed by atoms with Crippen LogP contribution < -0.4 is 14.2 Å². The van der Waals surface area contributed by atoms with Crippen molar-refractivity contribution >= 4 is 11.9 Å². The van der Waals surface area contributed by atoms with Crippen LogP contribution in [0.1, 0.15) is 67.2 Å². The van der Waals surface area contributed by atoms with Crippen molar-refractivity contribution in [1.29, 1.82) is 0 Å². The molecule has 262 valence electrons. The van der Waals surface area contributed by atoms with E-state index in [1.165, 1.54) is 36.0 Å². The molecule has 3 aromatic rings. The molecule has 0 radical (unpaired) electrons. The summed E-state index contributed by atoms with van der Waals surface area (Å²) in [5, 5.41) is 0. The van der Waals surface area contributed by atoms with Gasteiger partial charge in [0, 0.05) is 31.0 Å². The summed E-state index contributed by atoms with van der Waals surface area (Å²) in [7, 11) is 7.31. The summed E-state index contributed by atoms with van der Waals surface area (Å²) in [5.74, 6) is 2.70. The molecule has 6 rings (SSSR count). The number of piperidine rings is 1. The zero-order valence-corrected chi connectivity index (χ0v) is 29.6. The second-order valence-corrected chi connectivity index (χ2v) is 14.3. The number of aryl methyl sites for hydroxylation is 2. The minimum atomic E-state index is -0.464. The lowest BCUT2D eigenvalue weighted by atomic mass is 9.52. The lowest BCUT2D eigenvalue weighted by Gasteiger charge is -2.59. The summed E-state index contributed by atoms with van der Waals surface area (Å²) in [6.45, 7) is 1.49. The van der Waals surface area contributed by atoms with E-state index in [-0.39, 0.29) is 42.8 Å². The third kappa shape index (κ3) is 7.90. The van der Waals surface area contributed by atoms with Gasteiger partial charge in [-0.2, -0.15) is 0 Å². The largest absolute Gasteiger partial charge is 0.497 e. The van der Waals surface area contributed by atoms with E-state index in [0.29, 0.717) is 12.5 Å². The van der Waals surface area contributed by atoms with Crippen LogP contribution in [0, 0.1) is 5.92 Å². The predicted octanol–water partition coefficient (Wildman–Crippen LogP) is 6.41. The number of carbonyl (C=O) groups excluding carboxylic acids is 2. The van der Waals surface area contributed by atoms with E-state index in [4.69, 9.17) is 18.9 Å². The molecule has 8 nitrogen and oxygen atoms in total. The summed E-state index contributed by atoms with van der Waals surface area (Å²) < 4.78 is 23.2. The minimum absolute atomic E-state index is 0.0588.